The number of fused-ring (bicyclic) bond motifs is 1. The number of nitrogens with one attached hydrogen (secondary N) is 1. The fraction of sp³-hybridized carbons (Fsp3) is 0.300. The molecule has 2 heterocycles. The van der Waals surface area contributed by atoms with Crippen molar-refractivity contribution in [1.29, 1.82) is 0 Å². The van der Waals surface area contributed by atoms with E-state index in [1.165, 1.54) is 10.9 Å². The Hall–Kier alpha value is -3.00. The Morgan fingerprint density at radius 3 is 2.54 bits per heavy atom. The summed E-state index contributed by atoms with van der Waals surface area (Å²) in [7, 11) is 0. The lowest BCUT2D eigenvalue weighted by molar-refractivity contribution is -0.140. The molecule has 3 aromatic rings. The van der Waals surface area contributed by atoms with Crippen LogP contribution in [-0.4, -0.2) is 32.6 Å². The Labute approximate surface area is 165 Å². The zero-order valence-electron chi connectivity index (χ0n) is 15.8. The van der Waals surface area contributed by atoms with Crippen LogP contribution in [0.1, 0.15) is 34.6 Å². The quantitative estimate of drug-likeness (QED) is 0.664. The van der Waals surface area contributed by atoms with Gasteiger partial charge >= 0.3 is 5.97 Å². The van der Waals surface area contributed by atoms with Crippen molar-refractivity contribution < 1.29 is 14.7 Å². The van der Waals surface area contributed by atoms with Crippen LogP contribution >= 0.6 is 11.3 Å². The van der Waals surface area contributed by atoms with Crippen LogP contribution in [0, 0.1) is 12.8 Å². The largest absolute Gasteiger partial charge is 0.480 e. The molecule has 0 fully saturated rings. The van der Waals surface area contributed by atoms with Crippen LogP contribution in [-0.2, 0) is 11.3 Å². The molecule has 1 unspecified atom stereocenters. The van der Waals surface area contributed by atoms with Gasteiger partial charge in [0, 0.05) is 0 Å². The van der Waals surface area contributed by atoms with Gasteiger partial charge in [-0.25, -0.2) is 9.78 Å². The van der Waals surface area contributed by atoms with E-state index < -0.39 is 17.9 Å². The van der Waals surface area contributed by atoms with E-state index in [1.807, 2.05) is 30.3 Å². The van der Waals surface area contributed by atoms with Crippen LogP contribution in [0.2, 0.25) is 0 Å². The van der Waals surface area contributed by atoms with Crippen LogP contribution in [0.3, 0.4) is 0 Å². The molecule has 0 radical (unpaired) electrons. The number of aliphatic carboxylic acids is 1. The number of aryl methyl sites for hydroxylation is 1. The average Bonchev–Trinajstić information content (AvgIpc) is 2.99. The monoisotopic (exact) mass is 399 g/mol. The van der Waals surface area contributed by atoms with Crippen molar-refractivity contribution in [2.45, 2.75) is 33.4 Å². The molecule has 1 aromatic carbocycles. The van der Waals surface area contributed by atoms with Gasteiger partial charge in [0.05, 0.1) is 23.1 Å². The minimum absolute atomic E-state index is 0.222. The zero-order chi connectivity index (χ0) is 20.4. The first-order chi connectivity index (χ1) is 13.3. The minimum Gasteiger partial charge on any atom is -0.480 e. The van der Waals surface area contributed by atoms with Crippen molar-refractivity contribution in [2.75, 3.05) is 0 Å². The molecule has 0 spiro atoms. The van der Waals surface area contributed by atoms with E-state index in [1.54, 1.807) is 20.8 Å². The second-order valence-electron chi connectivity index (χ2n) is 6.93. The number of thiophene rings is 1. The molecule has 3 rings (SSSR count). The van der Waals surface area contributed by atoms with Gasteiger partial charge in [-0.15, -0.1) is 11.3 Å². The highest BCUT2D eigenvalue weighted by Crippen LogP contribution is 2.27. The second-order valence-corrected chi connectivity index (χ2v) is 7.93. The Morgan fingerprint density at radius 1 is 1.25 bits per heavy atom. The van der Waals surface area contributed by atoms with Gasteiger partial charge in [0.2, 0.25) is 0 Å². The summed E-state index contributed by atoms with van der Waals surface area (Å²) in [5.74, 6) is -1.86. The zero-order valence-corrected chi connectivity index (χ0v) is 16.6. The number of carbonyl (C=O) groups is 2. The SMILES string of the molecule is Cc1c(C(=O)NC(C(=O)O)C(C)C)sc2ncn(Cc3ccccc3)c(=O)c12. The molecular formula is C20H21N3O4S. The van der Waals surface area contributed by atoms with Crippen molar-refractivity contribution in [3.8, 4) is 0 Å². The first-order valence-corrected chi connectivity index (χ1v) is 9.67. The highest BCUT2D eigenvalue weighted by Gasteiger charge is 2.26. The summed E-state index contributed by atoms with van der Waals surface area (Å²) in [6.07, 6.45) is 1.48. The predicted octanol–water partition coefficient (Wildman–Crippen LogP) is 2.65. The smallest absolute Gasteiger partial charge is 0.326 e. The first kappa shape index (κ1) is 19.8. The van der Waals surface area contributed by atoms with Crippen molar-refractivity contribution in [3.63, 3.8) is 0 Å². The van der Waals surface area contributed by atoms with Gasteiger partial charge in [-0.1, -0.05) is 44.2 Å². The van der Waals surface area contributed by atoms with E-state index in [2.05, 4.69) is 10.3 Å². The van der Waals surface area contributed by atoms with Gasteiger partial charge in [0.1, 0.15) is 10.9 Å². The van der Waals surface area contributed by atoms with E-state index in [9.17, 15) is 19.5 Å². The lowest BCUT2D eigenvalue weighted by Gasteiger charge is -2.17. The van der Waals surface area contributed by atoms with E-state index in [4.69, 9.17) is 0 Å². The second kappa shape index (κ2) is 7.93. The van der Waals surface area contributed by atoms with Crippen molar-refractivity contribution >= 4 is 33.4 Å². The standard InChI is InChI=1S/C20H21N3O4S/c1-11(2)15(20(26)27)22-17(24)16-12(3)14-18(28-16)21-10-23(19(14)25)9-13-7-5-4-6-8-13/h4-8,10-11,15H,9H2,1-3H3,(H,22,24)(H,26,27). The molecule has 0 aliphatic carbocycles. The summed E-state index contributed by atoms with van der Waals surface area (Å²) in [5, 5.41) is 12.2. The van der Waals surface area contributed by atoms with Gasteiger partial charge < -0.3 is 10.4 Å². The van der Waals surface area contributed by atoms with Gasteiger partial charge in [-0.05, 0) is 24.0 Å². The molecule has 0 aliphatic rings. The fourth-order valence-corrected chi connectivity index (χ4v) is 4.03. The third-order valence-corrected chi connectivity index (χ3v) is 5.74. The molecular weight excluding hydrogens is 378 g/mol. The summed E-state index contributed by atoms with van der Waals surface area (Å²) in [4.78, 5) is 42.0. The molecule has 1 atom stereocenters. The maximum absolute atomic E-state index is 12.9. The number of carboxylic acids is 1. The van der Waals surface area contributed by atoms with Gasteiger partial charge in [0.25, 0.3) is 11.5 Å². The first-order valence-electron chi connectivity index (χ1n) is 8.85. The van der Waals surface area contributed by atoms with Crippen molar-refractivity contribution in [1.82, 2.24) is 14.9 Å². The molecule has 0 saturated heterocycles. The molecule has 2 N–H and O–H groups in total. The molecule has 28 heavy (non-hydrogen) atoms. The predicted molar refractivity (Wildman–Crippen MR) is 108 cm³/mol. The summed E-state index contributed by atoms with van der Waals surface area (Å²) in [6.45, 7) is 5.52. The Morgan fingerprint density at radius 2 is 1.93 bits per heavy atom. The van der Waals surface area contributed by atoms with Crippen LogP contribution in [0.15, 0.2) is 41.5 Å². The van der Waals surface area contributed by atoms with E-state index in [0.717, 1.165) is 16.9 Å². The third kappa shape index (κ3) is 3.82. The number of aromatic nitrogens is 2. The van der Waals surface area contributed by atoms with Gasteiger partial charge in [0.15, 0.2) is 0 Å². The number of hydrogen-bond acceptors (Lipinski definition) is 5. The molecule has 0 saturated carbocycles. The van der Waals surface area contributed by atoms with Gasteiger partial charge in [-0.2, -0.15) is 0 Å². The van der Waals surface area contributed by atoms with Crippen molar-refractivity contribution in [2.24, 2.45) is 5.92 Å². The number of carboxylic acid groups (broad SMARTS) is 1. The minimum atomic E-state index is -1.09. The van der Waals surface area contributed by atoms with Crippen LogP contribution in [0.25, 0.3) is 10.2 Å². The molecule has 2 aromatic heterocycles. The number of benzene rings is 1. The van der Waals surface area contributed by atoms with Crippen LogP contribution < -0.4 is 10.9 Å². The lowest BCUT2D eigenvalue weighted by atomic mass is 10.0. The lowest BCUT2D eigenvalue weighted by Crippen LogP contribution is -2.44. The van der Waals surface area contributed by atoms with E-state index in [-0.39, 0.29) is 11.5 Å². The molecule has 146 valence electrons. The van der Waals surface area contributed by atoms with E-state index >= 15 is 0 Å². The van der Waals surface area contributed by atoms with Crippen LogP contribution in [0.5, 0.6) is 0 Å². The third-order valence-electron chi connectivity index (χ3n) is 4.54. The number of hydrogen-bond donors (Lipinski definition) is 2. The number of carbonyl (C=O) groups excluding carboxylic acids is 1. The summed E-state index contributed by atoms with van der Waals surface area (Å²) in [5.41, 5.74) is 1.27. The molecule has 0 aliphatic heterocycles. The van der Waals surface area contributed by atoms with Gasteiger partial charge in [-0.3, -0.25) is 14.2 Å². The molecule has 8 heteroatoms. The summed E-state index contributed by atoms with van der Waals surface area (Å²) < 4.78 is 1.51. The van der Waals surface area contributed by atoms with E-state index in [0.29, 0.717) is 27.2 Å². The van der Waals surface area contributed by atoms with Crippen LogP contribution in [0.4, 0.5) is 0 Å². The summed E-state index contributed by atoms with van der Waals surface area (Å²) in [6, 6.07) is 8.56. The number of rotatable bonds is 6. The number of amides is 1. The van der Waals surface area contributed by atoms with Crippen molar-refractivity contribution in [3.05, 3.63) is 63.0 Å². The highest BCUT2D eigenvalue weighted by atomic mass is 32.1. The normalized spacial score (nSPS) is 12.3. The number of nitrogens with zero attached hydrogens (tertiary/aromatic N) is 2. The average molecular weight is 399 g/mol. The highest BCUT2D eigenvalue weighted by molar-refractivity contribution is 7.20. The topological polar surface area (TPSA) is 101 Å². The maximum atomic E-state index is 12.9. The molecule has 0 bridgehead atoms. The Kier molecular flexibility index (Phi) is 5.60. The fourth-order valence-electron chi connectivity index (χ4n) is 2.99. The Bertz CT molecular complexity index is 1090. The summed E-state index contributed by atoms with van der Waals surface area (Å²) >= 11 is 1.10. The molecule has 7 nitrogen and oxygen atoms in total. The maximum Gasteiger partial charge on any atom is 0.326 e. The molecule has 1 amide bonds. The Balaban J connectivity index is 1.97.